The molecule has 1 N–H and O–H groups in total. The lowest BCUT2D eigenvalue weighted by molar-refractivity contribution is 0.0937. The standard InChI is InChI=1S/C16H24N4O3/c1-4-23-16(22)20-9-7-19(8-10-20)13-5-6-14(17-11-13)15(21)18-12(2)3/h5-6,11-12H,4,7-10H2,1-3H3,(H,18,21). The van der Waals surface area contributed by atoms with Gasteiger partial charge in [0, 0.05) is 32.2 Å². The molecule has 1 aromatic rings. The largest absolute Gasteiger partial charge is 0.450 e. The Hall–Kier alpha value is -2.31. The van der Waals surface area contributed by atoms with E-state index < -0.39 is 0 Å². The van der Waals surface area contributed by atoms with E-state index in [0.717, 1.165) is 18.8 Å². The van der Waals surface area contributed by atoms with Gasteiger partial charge in [-0.25, -0.2) is 9.78 Å². The quantitative estimate of drug-likeness (QED) is 0.910. The maximum Gasteiger partial charge on any atom is 0.409 e. The lowest BCUT2D eigenvalue weighted by atomic mass is 10.2. The number of pyridine rings is 1. The smallest absolute Gasteiger partial charge is 0.409 e. The number of nitrogens with one attached hydrogen (secondary N) is 1. The van der Waals surface area contributed by atoms with Crippen LogP contribution in [0.4, 0.5) is 10.5 Å². The highest BCUT2D eigenvalue weighted by Gasteiger charge is 2.22. The Bertz CT molecular complexity index is 537. The second-order valence-electron chi connectivity index (χ2n) is 5.70. The summed E-state index contributed by atoms with van der Waals surface area (Å²) in [6, 6.07) is 3.70. The maximum atomic E-state index is 11.9. The van der Waals surface area contributed by atoms with E-state index in [1.807, 2.05) is 19.9 Å². The molecule has 1 aliphatic rings. The molecule has 0 radical (unpaired) electrons. The van der Waals surface area contributed by atoms with E-state index in [1.165, 1.54) is 0 Å². The van der Waals surface area contributed by atoms with E-state index in [9.17, 15) is 9.59 Å². The van der Waals surface area contributed by atoms with Crippen LogP contribution < -0.4 is 10.2 Å². The molecule has 126 valence electrons. The summed E-state index contributed by atoms with van der Waals surface area (Å²) in [4.78, 5) is 31.6. The van der Waals surface area contributed by atoms with Crippen molar-refractivity contribution in [2.45, 2.75) is 26.8 Å². The topological polar surface area (TPSA) is 74.8 Å². The molecule has 2 amide bonds. The SMILES string of the molecule is CCOC(=O)N1CCN(c2ccc(C(=O)NC(C)C)nc2)CC1. The lowest BCUT2D eigenvalue weighted by Gasteiger charge is -2.35. The van der Waals surface area contributed by atoms with E-state index in [0.29, 0.717) is 25.4 Å². The van der Waals surface area contributed by atoms with Crippen molar-refractivity contribution in [2.24, 2.45) is 0 Å². The Balaban J connectivity index is 1.91. The molecule has 0 spiro atoms. The molecular weight excluding hydrogens is 296 g/mol. The number of amides is 2. The van der Waals surface area contributed by atoms with Crippen LogP contribution in [0.5, 0.6) is 0 Å². The van der Waals surface area contributed by atoms with Crippen molar-refractivity contribution >= 4 is 17.7 Å². The highest BCUT2D eigenvalue weighted by Crippen LogP contribution is 2.16. The van der Waals surface area contributed by atoms with Crippen molar-refractivity contribution in [2.75, 3.05) is 37.7 Å². The molecule has 7 heteroatoms. The Morgan fingerprint density at radius 3 is 2.48 bits per heavy atom. The average Bonchev–Trinajstić information content (AvgIpc) is 2.55. The number of ether oxygens (including phenoxy) is 1. The third-order valence-corrected chi connectivity index (χ3v) is 3.57. The maximum absolute atomic E-state index is 11.9. The van der Waals surface area contributed by atoms with Crippen LogP contribution in [0.25, 0.3) is 0 Å². The first-order chi connectivity index (χ1) is 11.0. The molecule has 2 rings (SSSR count). The zero-order valence-electron chi connectivity index (χ0n) is 13.9. The van der Waals surface area contributed by atoms with Crippen molar-refractivity contribution in [3.05, 3.63) is 24.0 Å². The minimum Gasteiger partial charge on any atom is -0.450 e. The summed E-state index contributed by atoms with van der Waals surface area (Å²) in [6.07, 6.45) is 1.45. The lowest BCUT2D eigenvalue weighted by Crippen LogP contribution is -2.49. The average molecular weight is 320 g/mol. The van der Waals surface area contributed by atoms with Crippen LogP contribution in [0, 0.1) is 0 Å². The fourth-order valence-electron chi connectivity index (χ4n) is 2.41. The predicted octanol–water partition coefficient (Wildman–Crippen LogP) is 1.50. The number of aromatic nitrogens is 1. The van der Waals surface area contributed by atoms with Gasteiger partial charge in [0.2, 0.25) is 0 Å². The summed E-state index contributed by atoms with van der Waals surface area (Å²) in [5.74, 6) is -0.168. The molecule has 0 bridgehead atoms. The minimum absolute atomic E-state index is 0.0833. The first-order valence-corrected chi connectivity index (χ1v) is 7.94. The summed E-state index contributed by atoms with van der Waals surface area (Å²) in [5, 5.41) is 2.82. The monoisotopic (exact) mass is 320 g/mol. The van der Waals surface area contributed by atoms with Crippen molar-refractivity contribution in [1.82, 2.24) is 15.2 Å². The first-order valence-electron chi connectivity index (χ1n) is 7.94. The summed E-state index contributed by atoms with van der Waals surface area (Å²) in [7, 11) is 0. The number of carbonyl (C=O) groups excluding carboxylic acids is 2. The number of rotatable bonds is 4. The molecule has 1 aromatic heterocycles. The van der Waals surface area contributed by atoms with Crippen LogP contribution in [0.1, 0.15) is 31.3 Å². The Labute approximate surface area is 136 Å². The van der Waals surface area contributed by atoms with Crippen LogP contribution in [-0.4, -0.2) is 60.7 Å². The van der Waals surface area contributed by atoms with Gasteiger partial charge < -0.3 is 19.9 Å². The minimum atomic E-state index is -0.258. The zero-order chi connectivity index (χ0) is 16.8. The molecule has 0 aliphatic carbocycles. The molecule has 1 saturated heterocycles. The summed E-state index contributed by atoms with van der Waals surface area (Å²) >= 11 is 0. The molecule has 0 atom stereocenters. The Morgan fingerprint density at radius 1 is 1.26 bits per heavy atom. The number of anilines is 1. The molecule has 7 nitrogen and oxygen atoms in total. The second kappa shape index (κ2) is 7.80. The first kappa shape index (κ1) is 17.1. The third-order valence-electron chi connectivity index (χ3n) is 3.57. The van der Waals surface area contributed by atoms with Crippen molar-refractivity contribution in [3.63, 3.8) is 0 Å². The number of piperazine rings is 1. The number of hydrogen-bond donors (Lipinski definition) is 1. The van der Waals surface area contributed by atoms with Crippen LogP contribution in [0.2, 0.25) is 0 Å². The van der Waals surface area contributed by atoms with Crippen LogP contribution in [0.3, 0.4) is 0 Å². The number of carbonyl (C=O) groups is 2. The van der Waals surface area contributed by atoms with Gasteiger partial charge in [-0.2, -0.15) is 0 Å². The van der Waals surface area contributed by atoms with Crippen LogP contribution in [0.15, 0.2) is 18.3 Å². The molecule has 0 aromatic carbocycles. The number of hydrogen-bond acceptors (Lipinski definition) is 5. The summed E-state index contributed by atoms with van der Waals surface area (Å²) in [6.45, 7) is 8.70. The van der Waals surface area contributed by atoms with Gasteiger partial charge in [-0.1, -0.05) is 0 Å². The molecule has 23 heavy (non-hydrogen) atoms. The van der Waals surface area contributed by atoms with Gasteiger partial charge >= 0.3 is 6.09 Å². The van der Waals surface area contributed by atoms with Crippen LogP contribution in [-0.2, 0) is 4.74 Å². The van der Waals surface area contributed by atoms with E-state index >= 15 is 0 Å². The fraction of sp³-hybridized carbons (Fsp3) is 0.562. The van der Waals surface area contributed by atoms with Gasteiger partial charge in [0.15, 0.2) is 0 Å². The van der Waals surface area contributed by atoms with Gasteiger partial charge in [-0.3, -0.25) is 4.79 Å². The second-order valence-corrected chi connectivity index (χ2v) is 5.70. The number of nitrogens with zero attached hydrogens (tertiary/aromatic N) is 3. The van der Waals surface area contributed by atoms with E-state index in [2.05, 4.69) is 15.2 Å². The fourth-order valence-corrected chi connectivity index (χ4v) is 2.41. The van der Waals surface area contributed by atoms with Crippen molar-refractivity contribution < 1.29 is 14.3 Å². The highest BCUT2D eigenvalue weighted by molar-refractivity contribution is 5.92. The Morgan fingerprint density at radius 2 is 1.96 bits per heavy atom. The van der Waals surface area contributed by atoms with Gasteiger partial charge in [0.05, 0.1) is 18.5 Å². The van der Waals surface area contributed by atoms with Gasteiger partial charge in [0.1, 0.15) is 5.69 Å². The normalized spacial score (nSPS) is 14.8. The van der Waals surface area contributed by atoms with Crippen LogP contribution >= 0.6 is 0 Å². The van der Waals surface area contributed by atoms with E-state index in [4.69, 9.17) is 4.74 Å². The molecule has 0 saturated carbocycles. The summed E-state index contributed by atoms with van der Waals surface area (Å²) < 4.78 is 5.01. The molecule has 0 unspecified atom stereocenters. The van der Waals surface area contributed by atoms with E-state index in [1.54, 1.807) is 24.1 Å². The Kier molecular flexibility index (Phi) is 5.78. The van der Waals surface area contributed by atoms with Crippen molar-refractivity contribution in [1.29, 1.82) is 0 Å². The zero-order valence-corrected chi connectivity index (χ0v) is 13.9. The molecule has 1 aliphatic heterocycles. The molecule has 1 fully saturated rings. The van der Waals surface area contributed by atoms with Gasteiger partial charge in [-0.15, -0.1) is 0 Å². The molecular formula is C16H24N4O3. The van der Waals surface area contributed by atoms with Crippen molar-refractivity contribution in [3.8, 4) is 0 Å². The predicted molar refractivity (Wildman–Crippen MR) is 87.6 cm³/mol. The van der Waals surface area contributed by atoms with E-state index in [-0.39, 0.29) is 18.0 Å². The highest BCUT2D eigenvalue weighted by atomic mass is 16.6. The van der Waals surface area contributed by atoms with Gasteiger partial charge in [-0.05, 0) is 32.9 Å². The molecule has 2 heterocycles. The van der Waals surface area contributed by atoms with Gasteiger partial charge in [0.25, 0.3) is 5.91 Å². The summed E-state index contributed by atoms with van der Waals surface area (Å²) in [5.41, 5.74) is 1.36. The third kappa shape index (κ3) is 4.58.